The molecule has 5 rings (SSSR count). The molecule has 3 aromatic rings. The first-order valence-corrected chi connectivity index (χ1v) is 13.6. The van der Waals surface area contributed by atoms with E-state index in [0.717, 1.165) is 32.2 Å². The average Bonchev–Trinajstić information content (AvgIpc) is 3.45. The molecule has 0 bridgehead atoms. The lowest BCUT2D eigenvalue weighted by Gasteiger charge is -2.33. The summed E-state index contributed by atoms with van der Waals surface area (Å²) in [6.07, 6.45) is 6.20. The van der Waals surface area contributed by atoms with Gasteiger partial charge < -0.3 is 14.8 Å². The van der Waals surface area contributed by atoms with E-state index < -0.39 is 9.84 Å². The highest BCUT2D eigenvalue weighted by molar-refractivity contribution is 7.90. The minimum atomic E-state index is -3.36. The number of hydrogen-bond donors (Lipinski definition) is 1. The number of hydrogen-bond acceptors (Lipinski definition) is 6. The Bertz CT molecular complexity index is 1420. The highest BCUT2D eigenvalue weighted by atomic mass is 35.5. The van der Waals surface area contributed by atoms with Gasteiger partial charge in [-0.1, -0.05) is 11.6 Å². The molecule has 4 heterocycles. The lowest BCUT2D eigenvalue weighted by Crippen LogP contribution is -2.37. The highest BCUT2D eigenvalue weighted by Gasteiger charge is 2.27. The largest absolute Gasteiger partial charge is 0.355 e. The number of carbonyl (C=O) groups excluding carboxylic acids is 1. The molecule has 9 nitrogen and oxygen atoms in total. The number of pyridine rings is 1. The number of rotatable bonds is 4. The molecule has 0 atom stereocenters. The highest BCUT2D eigenvalue weighted by Crippen LogP contribution is 2.31. The second-order valence-corrected chi connectivity index (χ2v) is 11.4. The van der Waals surface area contributed by atoms with E-state index in [1.54, 1.807) is 22.9 Å². The van der Waals surface area contributed by atoms with E-state index in [1.165, 1.54) is 12.1 Å². The van der Waals surface area contributed by atoms with Gasteiger partial charge in [0.2, 0.25) is 0 Å². The van der Waals surface area contributed by atoms with Crippen molar-refractivity contribution in [2.24, 2.45) is 0 Å². The zero-order valence-corrected chi connectivity index (χ0v) is 20.4. The Hall–Kier alpha value is -2.85. The van der Waals surface area contributed by atoms with Gasteiger partial charge in [0, 0.05) is 44.7 Å². The van der Waals surface area contributed by atoms with Gasteiger partial charge in [-0.25, -0.2) is 18.2 Å². The van der Waals surface area contributed by atoms with Crippen molar-refractivity contribution in [2.45, 2.75) is 36.6 Å². The molecule has 2 fully saturated rings. The van der Waals surface area contributed by atoms with Crippen LogP contribution in [0.5, 0.6) is 0 Å². The van der Waals surface area contributed by atoms with Crippen molar-refractivity contribution in [2.75, 3.05) is 37.3 Å². The lowest BCUT2D eigenvalue weighted by molar-refractivity contribution is 0.0792. The summed E-state index contributed by atoms with van der Waals surface area (Å²) in [6, 6.07) is 6.39. The maximum absolute atomic E-state index is 12.7. The maximum atomic E-state index is 12.7. The number of aromatic nitrogens is 3. The molecule has 1 N–H and O–H groups in total. The molecular formula is C23H26ClN5O4S. The van der Waals surface area contributed by atoms with E-state index in [9.17, 15) is 18.0 Å². The zero-order chi connectivity index (χ0) is 24.0. The molecule has 1 amide bonds. The Labute approximate surface area is 202 Å². The Morgan fingerprint density at radius 3 is 2.47 bits per heavy atom. The van der Waals surface area contributed by atoms with Crippen LogP contribution in [0, 0.1) is 0 Å². The number of H-pyrrole nitrogens is 1. The number of anilines is 1. The standard InChI is InChI=1S/C23H26ClN5O4S/c1-34(32,33)17-4-5-20-19(13-17)26-23(31)29(20)16-6-10-27(11-7-16)21-18(24)12-15(14-25-21)22(30)28-8-2-3-9-28/h4-5,12-14,16H,2-3,6-11H2,1H3,(H,26,31). The van der Waals surface area contributed by atoms with Crippen LogP contribution in [0.1, 0.15) is 42.1 Å². The number of fused-ring (bicyclic) bond motifs is 1. The van der Waals surface area contributed by atoms with Gasteiger partial charge in [-0.05, 0) is 49.9 Å². The van der Waals surface area contributed by atoms with Crippen LogP contribution in [0.15, 0.2) is 40.2 Å². The number of carbonyl (C=O) groups is 1. The van der Waals surface area contributed by atoms with Gasteiger partial charge >= 0.3 is 5.69 Å². The summed E-state index contributed by atoms with van der Waals surface area (Å²) in [5.41, 5.74) is 1.46. The molecule has 0 saturated carbocycles. The number of nitrogens with zero attached hydrogens (tertiary/aromatic N) is 4. The first kappa shape index (κ1) is 22.9. The summed E-state index contributed by atoms with van der Waals surface area (Å²) < 4.78 is 25.4. The average molecular weight is 504 g/mol. The fourth-order valence-electron chi connectivity index (χ4n) is 4.92. The third-order valence-electron chi connectivity index (χ3n) is 6.71. The summed E-state index contributed by atoms with van der Waals surface area (Å²) in [7, 11) is -3.36. The summed E-state index contributed by atoms with van der Waals surface area (Å²) in [4.78, 5) is 36.7. The molecule has 0 aliphatic carbocycles. The van der Waals surface area contributed by atoms with Crippen LogP contribution in [-0.2, 0) is 9.84 Å². The summed E-state index contributed by atoms with van der Waals surface area (Å²) in [5, 5.41) is 0.445. The van der Waals surface area contributed by atoms with Crippen LogP contribution in [0.2, 0.25) is 5.02 Å². The van der Waals surface area contributed by atoms with E-state index in [1.807, 2.05) is 4.90 Å². The topological polar surface area (TPSA) is 108 Å². The number of likely N-dealkylation sites (tertiary alicyclic amines) is 1. The van der Waals surface area contributed by atoms with Crippen LogP contribution >= 0.6 is 11.6 Å². The number of aromatic amines is 1. The molecule has 0 spiro atoms. The summed E-state index contributed by atoms with van der Waals surface area (Å²) >= 11 is 6.52. The van der Waals surface area contributed by atoms with Crippen molar-refractivity contribution >= 4 is 44.2 Å². The lowest BCUT2D eigenvalue weighted by atomic mass is 10.0. The van der Waals surface area contributed by atoms with Crippen molar-refractivity contribution in [3.05, 3.63) is 51.5 Å². The van der Waals surface area contributed by atoms with Crippen molar-refractivity contribution in [1.82, 2.24) is 19.4 Å². The molecule has 2 aliphatic heterocycles. The van der Waals surface area contributed by atoms with E-state index in [0.29, 0.717) is 53.4 Å². The van der Waals surface area contributed by atoms with E-state index in [2.05, 4.69) is 14.9 Å². The van der Waals surface area contributed by atoms with Crippen LogP contribution in [0.25, 0.3) is 11.0 Å². The molecule has 2 aromatic heterocycles. The number of sulfone groups is 1. The zero-order valence-electron chi connectivity index (χ0n) is 18.8. The van der Waals surface area contributed by atoms with Gasteiger partial charge in [0.25, 0.3) is 5.91 Å². The molecular weight excluding hydrogens is 478 g/mol. The minimum Gasteiger partial charge on any atom is -0.355 e. The van der Waals surface area contributed by atoms with E-state index in [-0.39, 0.29) is 22.5 Å². The Balaban J connectivity index is 1.32. The first-order chi connectivity index (χ1) is 16.2. The first-order valence-electron chi connectivity index (χ1n) is 11.4. The molecule has 1 aromatic carbocycles. The minimum absolute atomic E-state index is 0.0311. The quantitative estimate of drug-likeness (QED) is 0.586. The molecule has 0 unspecified atom stereocenters. The van der Waals surface area contributed by atoms with Gasteiger partial charge in [0.1, 0.15) is 5.82 Å². The van der Waals surface area contributed by atoms with Crippen LogP contribution in [-0.4, -0.2) is 66.2 Å². The Kier molecular flexibility index (Phi) is 5.89. The number of piperidine rings is 1. The third kappa shape index (κ3) is 4.20. The molecule has 34 heavy (non-hydrogen) atoms. The molecule has 2 aliphatic rings. The molecule has 2 saturated heterocycles. The van der Waals surface area contributed by atoms with Gasteiger partial charge in [0.15, 0.2) is 9.84 Å². The van der Waals surface area contributed by atoms with Crippen LogP contribution < -0.4 is 10.6 Å². The summed E-state index contributed by atoms with van der Waals surface area (Å²) in [6.45, 7) is 2.84. The molecule has 11 heteroatoms. The smallest absolute Gasteiger partial charge is 0.326 e. The van der Waals surface area contributed by atoms with Crippen molar-refractivity contribution in [1.29, 1.82) is 0 Å². The third-order valence-corrected chi connectivity index (χ3v) is 8.10. The second kappa shape index (κ2) is 8.74. The van der Waals surface area contributed by atoms with Crippen LogP contribution in [0.4, 0.5) is 5.82 Å². The fraction of sp³-hybridized carbons (Fsp3) is 0.435. The van der Waals surface area contributed by atoms with E-state index >= 15 is 0 Å². The number of halogens is 1. The predicted molar refractivity (Wildman–Crippen MR) is 131 cm³/mol. The monoisotopic (exact) mass is 503 g/mol. The maximum Gasteiger partial charge on any atom is 0.326 e. The fourth-order valence-corrected chi connectivity index (χ4v) is 5.86. The van der Waals surface area contributed by atoms with Crippen LogP contribution in [0.3, 0.4) is 0 Å². The van der Waals surface area contributed by atoms with Gasteiger partial charge in [0.05, 0.1) is 26.5 Å². The normalized spacial score (nSPS) is 17.6. The van der Waals surface area contributed by atoms with Crippen molar-refractivity contribution < 1.29 is 13.2 Å². The van der Waals surface area contributed by atoms with Crippen molar-refractivity contribution in [3.8, 4) is 0 Å². The number of benzene rings is 1. The SMILES string of the molecule is CS(=O)(=O)c1ccc2c(c1)[nH]c(=O)n2C1CCN(c2ncc(C(=O)N3CCCC3)cc2Cl)CC1. The second-order valence-electron chi connectivity index (χ2n) is 9.00. The molecule has 180 valence electrons. The molecule has 0 radical (unpaired) electrons. The predicted octanol–water partition coefficient (Wildman–Crippen LogP) is 2.86. The Morgan fingerprint density at radius 2 is 1.82 bits per heavy atom. The number of nitrogens with one attached hydrogen (secondary N) is 1. The van der Waals surface area contributed by atoms with Crippen molar-refractivity contribution in [3.63, 3.8) is 0 Å². The summed E-state index contributed by atoms with van der Waals surface area (Å²) in [5.74, 6) is 0.608. The van der Waals surface area contributed by atoms with Gasteiger partial charge in [-0.15, -0.1) is 0 Å². The van der Waals surface area contributed by atoms with Gasteiger partial charge in [-0.2, -0.15) is 0 Å². The number of amides is 1. The number of imidazole rings is 1. The Morgan fingerprint density at radius 1 is 1.12 bits per heavy atom. The van der Waals surface area contributed by atoms with Gasteiger partial charge in [-0.3, -0.25) is 9.36 Å². The van der Waals surface area contributed by atoms with E-state index in [4.69, 9.17) is 11.6 Å².